The van der Waals surface area contributed by atoms with E-state index in [9.17, 15) is 0 Å². The van der Waals surface area contributed by atoms with Crippen LogP contribution in [0, 0.1) is 0 Å². The lowest BCUT2D eigenvalue weighted by Gasteiger charge is -2.09. The quantitative estimate of drug-likeness (QED) is 0.759. The molecular formula is C14H11BrN2S. The summed E-state index contributed by atoms with van der Waals surface area (Å²) < 4.78 is 1.12. The first-order chi connectivity index (χ1) is 8.84. The molecule has 0 radical (unpaired) electrons. The molecule has 4 heteroatoms. The fraction of sp³-hybridized carbons (Fsp3) is 0.0714. The van der Waals surface area contributed by atoms with Gasteiger partial charge in [0.05, 0.1) is 6.54 Å². The van der Waals surface area contributed by atoms with E-state index in [1.54, 1.807) is 11.3 Å². The molecule has 0 amide bonds. The van der Waals surface area contributed by atoms with Crippen molar-refractivity contribution in [2.45, 2.75) is 6.54 Å². The van der Waals surface area contributed by atoms with Gasteiger partial charge in [-0.2, -0.15) is 0 Å². The standard InChI is InChI=1S/C14H11BrN2S/c15-12-5-6-13(11-4-2-1-3-10(11)12)17-9-14-16-7-8-18-14/h1-8,17H,9H2. The number of hydrogen-bond donors (Lipinski definition) is 1. The maximum absolute atomic E-state index is 4.28. The van der Waals surface area contributed by atoms with Crippen molar-refractivity contribution in [3.05, 3.63) is 57.5 Å². The van der Waals surface area contributed by atoms with Gasteiger partial charge >= 0.3 is 0 Å². The number of halogens is 1. The Balaban J connectivity index is 1.94. The van der Waals surface area contributed by atoms with E-state index in [2.05, 4.69) is 62.6 Å². The average Bonchev–Trinajstić information content (AvgIpc) is 2.92. The normalized spacial score (nSPS) is 10.7. The lowest BCUT2D eigenvalue weighted by molar-refractivity contribution is 1.11. The molecule has 0 saturated heterocycles. The number of hydrogen-bond acceptors (Lipinski definition) is 3. The summed E-state index contributed by atoms with van der Waals surface area (Å²) in [5, 5.41) is 8.99. The second-order valence-electron chi connectivity index (χ2n) is 3.92. The second-order valence-corrected chi connectivity index (χ2v) is 5.75. The van der Waals surface area contributed by atoms with Crippen molar-refractivity contribution in [2.24, 2.45) is 0 Å². The first-order valence-corrected chi connectivity index (χ1v) is 7.31. The Morgan fingerprint density at radius 1 is 1.11 bits per heavy atom. The summed E-state index contributed by atoms with van der Waals surface area (Å²) in [4.78, 5) is 4.28. The van der Waals surface area contributed by atoms with Gasteiger partial charge in [0.15, 0.2) is 0 Å². The number of nitrogens with one attached hydrogen (secondary N) is 1. The smallest absolute Gasteiger partial charge is 0.112 e. The molecular weight excluding hydrogens is 308 g/mol. The Bertz CT molecular complexity index is 665. The molecule has 2 nitrogen and oxygen atoms in total. The number of aromatic nitrogens is 1. The maximum Gasteiger partial charge on any atom is 0.112 e. The zero-order valence-electron chi connectivity index (χ0n) is 9.56. The molecule has 3 aromatic rings. The van der Waals surface area contributed by atoms with E-state index < -0.39 is 0 Å². The van der Waals surface area contributed by atoms with Crippen molar-refractivity contribution in [3.8, 4) is 0 Å². The molecule has 0 fully saturated rings. The largest absolute Gasteiger partial charge is 0.378 e. The highest BCUT2D eigenvalue weighted by Crippen LogP contribution is 2.30. The molecule has 2 aromatic carbocycles. The van der Waals surface area contributed by atoms with E-state index in [0.717, 1.165) is 21.7 Å². The molecule has 0 aliphatic rings. The molecule has 1 aromatic heterocycles. The molecule has 0 aliphatic carbocycles. The summed E-state index contributed by atoms with van der Waals surface area (Å²) in [6.45, 7) is 0.767. The van der Waals surface area contributed by atoms with E-state index in [1.807, 2.05) is 11.6 Å². The number of benzene rings is 2. The topological polar surface area (TPSA) is 24.9 Å². The molecule has 0 aliphatic heterocycles. The maximum atomic E-state index is 4.28. The Hall–Kier alpha value is -1.39. The molecule has 0 bridgehead atoms. The van der Waals surface area contributed by atoms with E-state index in [1.165, 1.54) is 10.8 Å². The van der Waals surface area contributed by atoms with Gasteiger partial charge in [0.2, 0.25) is 0 Å². The van der Waals surface area contributed by atoms with Crippen LogP contribution in [0.2, 0.25) is 0 Å². The highest BCUT2D eigenvalue weighted by Gasteiger charge is 2.04. The number of thiazole rings is 1. The number of nitrogens with zero attached hydrogens (tertiary/aromatic N) is 1. The fourth-order valence-corrected chi connectivity index (χ4v) is 2.96. The molecule has 0 spiro atoms. The third-order valence-electron chi connectivity index (χ3n) is 2.78. The average molecular weight is 319 g/mol. The highest BCUT2D eigenvalue weighted by atomic mass is 79.9. The van der Waals surface area contributed by atoms with Crippen LogP contribution in [0.15, 0.2) is 52.4 Å². The molecule has 90 valence electrons. The second kappa shape index (κ2) is 5.08. The lowest BCUT2D eigenvalue weighted by atomic mass is 10.1. The van der Waals surface area contributed by atoms with Crippen LogP contribution in [0.5, 0.6) is 0 Å². The van der Waals surface area contributed by atoms with Crippen molar-refractivity contribution >= 4 is 43.7 Å². The Labute approximate surface area is 118 Å². The van der Waals surface area contributed by atoms with Gasteiger partial charge in [-0.25, -0.2) is 4.98 Å². The van der Waals surface area contributed by atoms with Crippen molar-refractivity contribution in [1.82, 2.24) is 4.98 Å². The van der Waals surface area contributed by atoms with Gasteiger partial charge in [0.25, 0.3) is 0 Å². The zero-order valence-corrected chi connectivity index (χ0v) is 12.0. The van der Waals surface area contributed by atoms with Crippen LogP contribution in [0.1, 0.15) is 5.01 Å². The lowest BCUT2D eigenvalue weighted by Crippen LogP contribution is -1.99. The van der Waals surface area contributed by atoms with Crippen molar-refractivity contribution < 1.29 is 0 Å². The van der Waals surface area contributed by atoms with Gasteiger partial charge in [-0.15, -0.1) is 11.3 Å². The molecule has 1 N–H and O–H groups in total. The molecule has 3 rings (SSSR count). The summed E-state index contributed by atoms with van der Waals surface area (Å²) in [5.41, 5.74) is 1.14. The zero-order chi connectivity index (χ0) is 12.4. The SMILES string of the molecule is Brc1ccc(NCc2nccs2)c2ccccc12. The van der Waals surface area contributed by atoms with Gasteiger partial charge in [-0.1, -0.05) is 40.2 Å². The van der Waals surface area contributed by atoms with Crippen molar-refractivity contribution in [1.29, 1.82) is 0 Å². The van der Waals surface area contributed by atoms with Crippen LogP contribution in [0.3, 0.4) is 0 Å². The summed E-state index contributed by atoms with van der Waals surface area (Å²) in [6.07, 6.45) is 1.83. The van der Waals surface area contributed by atoms with E-state index >= 15 is 0 Å². The first kappa shape index (κ1) is 11.7. The van der Waals surface area contributed by atoms with Crippen LogP contribution >= 0.6 is 27.3 Å². The Kier molecular flexibility index (Phi) is 3.30. The number of fused-ring (bicyclic) bond motifs is 1. The van der Waals surface area contributed by atoms with Crippen LogP contribution < -0.4 is 5.32 Å². The summed E-state index contributed by atoms with van der Waals surface area (Å²) in [6, 6.07) is 12.5. The molecule has 18 heavy (non-hydrogen) atoms. The molecule has 0 unspecified atom stereocenters. The monoisotopic (exact) mass is 318 g/mol. The van der Waals surface area contributed by atoms with Gasteiger partial charge in [-0.05, 0) is 17.5 Å². The minimum absolute atomic E-state index is 0.767. The molecule has 0 atom stereocenters. The van der Waals surface area contributed by atoms with Gasteiger partial charge in [0, 0.05) is 27.1 Å². The third kappa shape index (κ3) is 2.26. The highest BCUT2D eigenvalue weighted by molar-refractivity contribution is 9.10. The van der Waals surface area contributed by atoms with Crippen molar-refractivity contribution in [2.75, 3.05) is 5.32 Å². The molecule has 0 saturated carbocycles. The van der Waals surface area contributed by atoms with Crippen molar-refractivity contribution in [3.63, 3.8) is 0 Å². The van der Waals surface area contributed by atoms with E-state index in [0.29, 0.717) is 0 Å². The fourth-order valence-electron chi connectivity index (χ4n) is 1.93. The first-order valence-electron chi connectivity index (χ1n) is 5.64. The van der Waals surface area contributed by atoms with Crippen LogP contribution in [-0.2, 0) is 6.54 Å². The summed E-state index contributed by atoms with van der Waals surface area (Å²) >= 11 is 5.25. The summed E-state index contributed by atoms with van der Waals surface area (Å²) in [5.74, 6) is 0. The summed E-state index contributed by atoms with van der Waals surface area (Å²) in [7, 11) is 0. The van der Waals surface area contributed by atoms with Crippen LogP contribution in [0.4, 0.5) is 5.69 Å². The van der Waals surface area contributed by atoms with Crippen LogP contribution in [-0.4, -0.2) is 4.98 Å². The minimum Gasteiger partial charge on any atom is -0.378 e. The van der Waals surface area contributed by atoms with E-state index in [4.69, 9.17) is 0 Å². The van der Waals surface area contributed by atoms with E-state index in [-0.39, 0.29) is 0 Å². The van der Waals surface area contributed by atoms with Gasteiger partial charge in [0.1, 0.15) is 5.01 Å². The minimum atomic E-state index is 0.767. The van der Waals surface area contributed by atoms with Crippen LogP contribution in [0.25, 0.3) is 10.8 Å². The molecule has 1 heterocycles. The predicted octanol–water partition coefficient (Wildman–Crippen LogP) is 4.67. The Morgan fingerprint density at radius 3 is 2.72 bits per heavy atom. The predicted molar refractivity (Wildman–Crippen MR) is 81.1 cm³/mol. The third-order valence-corrected chi connectivity index (χ3v) is 4.26. The van der Waals surface area contributed by atoms with Gasteiger partial charge < -0.3 is 5.32 Å². The Morgan fingerprint density at radius 2 is 1.94 bits per heavy atom. The van der Waals surface area contributed by atoms with Gasteiger partial charge in [-0.3, -0.25) is 0 Å². The number of anilines is 1. The number of rotatable bonds is 3.